The summed E-state index contributed by atoms with van der Waals surface area (Å²) in [5.41, 5.74) is 6.20. The number of aromatic nitrogens is 1. The van der Waals surface area contributed by atoms with E-state index in [9.17, 15) is 4.79 Å². The zero-order valence-electron chi connectivity index (χ0n) is 9.09. The molecule has 1 heterocycles. The minimum Gasteiger partial charge on any atom is -0.329 e. The molecule has 1 aliphatic carbocycles. The normalized spacial score (nSPS) is 16.9. The molecule has 0 spiro atoms. The summed E-state index contributed by atoms with van der Waals surface area (Å²) in [6.07, 6.45) is 3.43. The SMILES string of the molecule is Cc1cc(Br)cnc1NC(=O)C1(CN)CC1. The highest BCUT2D eigenvalue weighted by atomic mass is 79.9. The van der Waals surface area contributed by atoms with E-state index in [0.29, 0.717) is 12.4 Å². The Labute approximate surface area is 103 Å². The van der Waals surface area contributed by atoms with E-state index in [4.69, 9.17) is 5.73 Å². The van der Waals surface area contributed by atoms with Gasteiger partial charge < -0.3 is 11.1 Å². The average molecular weight is 284 g/mol. The Bertz CT molecular complexity index is 429. The summed E-state index contributed by atoms with van der Waals surface area (Å²) >= 11 is 3.33. The van der Waals surface area contributed by atoms with Gasteiger partial charge in [0.1, 0.15) is 5.82 Å². The second kappa shape index (κ2) is 4.14. The molecule has 0 aliphatic heterocycles. The van der Waals surface area contributed by atoms with E-state index in [1.54, 1.807) is 6.20 Å². The summed E-state index contributed by atoms with van der Waals surface area (Å²) in [7, 11) is 0. The first-order valence-corrected chi connectivity index (χ1v) is 6.00. The smallest absolute Gasteiger partial charge is 0.233 e. The lowest BCUT2D eigenvalue weighted by Crippen LogP contribution is -2.31. The number of pyridine rings is 1. The van der Waals surface area contributed by atoms with Gasteiger partial charge >= 0.3 is 0 Å². The molecule has 86 valence electrons. The zero-order chi connectivity index (χ0) is 11.8. The molecule has 1 aromatic heterocycles. The topological polar surface area (TPSA) is 68.0 Å². The van der Waals surface area contributed by atoms with Crippen molar-refractivity contribution in [3.05, 3.63) is 22.3 Å². The molecule has 5 heteroatoms. The van der Waals surface area contributed by atoms with Crippen molar-refractivity contribution in [2.24, 2.45) is 11.1 Å². The van der Waals surface area contributed by atoms with Gasteiger partial charge in [0.05, 0.1) is 5.41 Å². The molecule has 0 radical (unpaired) electrons. The quantitative estimate of drug-likeness (QED) is 0.889. The van der Waals surface area contributed by atoms with E-state index in [0.717, 1.165) is 22.9 Å². The van der Waals surface area contributed by atoms with Crippen LogP contribution in [0.25, 0.3) is 0 Å². The van der Waals surface area contributed by atoms with Crippen molar-refractivity contribution in [2.75, 3.05) is 11.9 Å². The summed E-state index contributed by atoms with van der Waals surface area (Å²) < 4.78 is 0.906. The van der Waals surface area contributed by atoms with Crippen LogP contribution in [0.2, 0.25) is 0 Å². The Morgan fingerprint density at radius 3 is 2.88 bits per heavy atom. The highest BCUT2D eigenvalue weighted by molar-refractivity contribution is 9.10. The monoisotopic (exact) mass is 283 g/mol. The molecule has 1 fully saturated rings. The van der Waals surface area contributed by atoms with Gasteiger partial charge in [0.25, 0.3) is 0 Å². The van der Waals surface area contributed by atoms with Crippen LogP contribution < -0.4 is 11.1 Å². The Balaban J connectivity index is 2.12. The van der Waals surface area contributed by atoms with Crippen LogP contribution in [0.5, 0.6) is 0 Å². The molecule has 1 aromatic rings. The Hall–Kier alpha value is -0.940. The van der Waals surface area contributed by atoms with Gasteiger partial charge in [-0.05, 0) is 47.3 Å². The predicted octanol–water partition coefficient (Wildman–Crippen LogP) is 1.83. The number of halogens is 1. The van der Waals surface area contributed by atoms with Crippen LogP contribution in [0.4, 0.5) is 5.82 Å². The Kier molecular flexibility index (Phi) is 2.99. The maximum atomic E-state index is 11.9. The van der Waals surface area contributed by atoms with Crippen LogP contribution in [0, 0.1) is 12.3 Å². The van der Waals surface area contributed by atoms with Crippen molar-refractivity contribution in [3.8, 4) is 0 Å². The summed E-state index contributed by atoms with van der Waals surface area (Å²) in [5, 5.41) is 2.84. The van der Waals surface area contributed by atoms with Gasteiger partial charge in [0.2, 0.25) is 5.91 Å². The molecule has 0 atom stereocenters. The van der Waals surface area contributed by atoms with E-state index in [1.165, 1.54) is 0 Å². The Morgan fingerprint density at radius 1 is 1.69 bits per heavy atom. The maximum absolute atomic E-state index is 11.9. The number of amides is 1. The molecule has 0 unspecified atom stereocenters. The second-order valence-corrected chi connectivity index (χ2v) is 5.17. The number of carbonyl (C=O) groups is 1. The molecular formula is C11H14BrN3O. The number of anilines is 1. The summed E-state index contributed by atoms with van der Waals surface area (Å²) in [4.78, 5) is 16.1. The number of nitrogens with one attached hydrogen (secondary N) is 1. The van der Waals surface area contributed by atoms with E-state index >= 15 is 0 Å². The first-order chi connectivity index (χ1) is 7.57. The van der Waals surface area contributed by atoms with Crippen molar-refractivity contribution in [1.29, 1.82) is 0 Å². The van der Waals surface area contributed by atoms with Crippen LogP contribution >= 0.6 is 15.9 Å². The van der Waals surface area contributed by atoms with Crippen LogP contribution in [0.1, 0.15) is 18.4 Å². The minimum atomic E-state index is -0.332. The fourth-order valence-corrected chi connectivity index (χ4v) is 2.03. The molecule has 1 saturated carbocycles. The van der Waals surface area contributed by atoms with Gasteiger partial charge in [-0.3, -0.25) is 4.79 Å². The third-order valence-electron chi connectivity index (χ3n) is 3.00. The van der Waals surface area contributed by atoms with Gasteiger partial charge in [0, 0.05) is 17.2 Å². The summed E-state index contributed by atoms with van der Waals surface area (Å²) in [6.45, 7) is 2.32. The minimum absolute atomic E-state index is 0.00655. The average Bonchev–Trinajstić information content (AvgIpc) is 3.03. The van der Waals surface area contributed by atoms with E-state index < -0.39 is 0 Å². The van der Waals surface area contributed by atoms with Crippen molar-refractivity contribution in [2.45, 2.75) is 19.8 Å². The third kappa shape index (κ3) is 2.10. The number of rotatable bonds is 3. The molecule has 1 aliphatic rings. The van der Waals surface area contributed by atoms with Crippen molar-refractivity contribution < 1.29 is 4.79 Å². The first-order valence-electron chi connectivity index (χ1n) is 5.21. The van der Waals surface area contributed by atoms with Crippen LogP contribution in [-0.4, -0.2) is 17.4 Å². The lowest BCUT2D eigenvalue weighted by atomic mass is 10.1. The van der Waals surface area contributed by atoms with Crippen molar-refractivity contribution in [3.63, 3.8) is 0 Å². The lowest BCUT2D eigenvalue weighted by Gasteiger charge is -2.13. The molecule has 0 aromatic carbocycles. The lowest BCUT2D eigenvalue weighted by molar-refractivity contribution is -0.120. The van der Waals surface area contributed by atoms with E-state index in [1.807, 2.05) is 13.0 Å². The van der Waals surface area contributed by atoms with Gasteiger partial charge in [-0.1, -0.05) is 0 Å². The number of hydrogen-bond donors (Lipinski definition) is 2. The second-order valence-electron chi connectivity index (χ2n) is 4.26. The molecule has 4 nitrogen and oxygen atoms in total. The Morgan fingerprint density at radius 2 is 2.38 bits per heavy atom. The molecule has 16 heavy (non-hydrogen) atoms. The maximum Gasteiger partial charge on any atom is 0.233 e. The van der Waals surface area contributed by atoms with Gasteiger partial charge in [-0.2, -0.15) is 0 Å². The molecule has 3 N–H and O–H groups in total. The summed E-state index contributed by atoms with van der Waals surface area (Å²) in [5.74, 6) is 0.612. The number of aryl methyl sites for hydroxylation is 1. The predicted molar refractivity (Wildman–Crippen MR) is 66.0 cm³/mol. The summed E-state index contributed by atoms with van der Waals surface area (Å²) in [6, 6.07) is 1.92. The first kappa shape index (κ1) is 11.5. The van der Waals surface area contributed by atoms with Crippen LogP contribution in [0.3, 0.4) is 0 Å². The van der Waals surface area contributed by atoms with E-state index in [-0.39, 0.29) is 11.3 Å². The van der Waals surface area contributed by atoms with Crippen LogP contribution in [-0.2, 0) is 4.79 Å². The molecule has 2 rings (SSSR count). The van der Waals surface area contributed by atoms with Gasteiger partial charge in [-0.25, -0.2) is 4.98 Å². The number of nitrogens with zero attached hydrogens (tertiary/aromatic N) is 1. The molecule has 1 amide bonds. The molecule has 0 bridgehead atoms. The highest BCUT2D eigenvalue weighted by Gasteiger charge is 2.48. The number of hydrogen-bond acceptors (Lipinski definition) is 3. The largest absolute Gasteiger partial charge is 0.329 e. The fraction of sp³-hybridized carbons (Fsp3) is 0.455. The van der Waals surface area contributed by atoms with Crippen molar-refractivity contribution in [1.82, 2.24) is 4.98 Å². The van der Waals surface area contributed by atoms with E-state index in [2.05, 4.69) is 26.2 Å². The number of nitrogens with two attached hydrogens (primary N) is 1. The number of carbonyl (C=O) groups excluding carboxylic acids is 1. The molecule has 0 saturated heterocycles. The van der Waals surface area contributed by atoms with Gasteiger partial charge in [0.15, 0.2) is 0 Å². The third-order valence-corrected chi connectivity index (χ3v) is 3.44. The fourth-order valence-electron chi connectivity index (χ4n) is 1.59. The van der Waals surface area contributed by atoms with Gasteiger partial charge in [-0.15, -0.1) is 0 Å². The standard InChI is InChI=1S/C11H14BrN3O/c1-7-4-8(12)5-14-9(7)15-10(16)11(6-13)2-3-11/h4-5H,2-3,6,13H2,1H3,(H,14,15,16). The van der Waals surface area contributed by atoms with Crippen molar-refractivity contribution >= 4 is 27.7 Å². The van der Waals surface area contributed by atoms with Crippen LogP contribution in [0.15, 0.2) is 16.7 Å². The molecular weight excluding hydrogens is 270 g/mol. The highest BCUT2D eigenvalue weighted by Crippen LogP contribution is 2.45. The zero-order valence-corrected chi connectivity index (χ0v) is 10.7.